The lowest BCUT2D eigenvalue weighted by Gasteiger charge is -2.36. The number of halogens is 3. The minimum atomic E-state index is -0.873. The Balaban J connectivity index is 1.57. The summed E-state index contributed by atoms with van der Waals surface area (Å²) in [5.74, 6) is -2.09. The van der Waals surface area contributed by atoms with Crippen molar-refractivity contribution in [3.63, 3.8) is 0 Å². The second kappa shape index (κ2) is 6.95. The van der Waals surface area contributed by atoms with Gasteiger partial charge < -0.3 is 9.80 Å². The molecule has 0 aliphatic carbocycles. The first-order valence-corrected chi connectivity index (χ1v) is 7.75. The quantitative estimate of drug-likeness (QED) is 0.861. The fourth-order valence-corrected chi connectivity index (χ4v) is 2.78. The molecule has 2 aromatic carbocycles. The van der Waals surface area contributed by atoms with Crippen LogP contribution >= 0.6 is 0 Å². The van der Waals surface area contributed by atoms with Gasteiger partial charge in [0.25, 0.3) is 0 Å². The molecule has 0 saturated carbocycles. The Labute approximate surface area is 138 Å². The van der Waals surface area contributed by atoms with Crippen LogP contribution in [-0.2, 0) is 11.2 Å². The first-order valence-electron chi connectivity index (χ1n) is 7.75. The summed E-state index contributed by atoms with van der Waals surface area (Å²) >= 11 is 0. The lowest BCUT2D eigenvalue weighted by Crippen LogP contribution is -2.49. The largest absolute Gasteiger partial charge is 0.368 e. The van der Waals surface area contributed by atoms with Crippen LogP contribution in [0.5, 0.6) is 0 Å². The Morgan fingerprint density at radius 3 is 2.17 bits per heavy atom. The minimum absolute atomic E-state index is 0.0217. The third-order valence-electron chi connectivity index (χ3n) is 4.17. The molecule has 6 heteroatoms. The van der Waals surface area contributed by atoms with E-state index in [0.717, 1.165) is 11.6 Å². The van der Waals surface area contributed by atoms with Gasteiger partial charge in [0.1, 0.15) is 5.82 Å². The average molecular weight is 334 g/mol. The fraction of sp³-hybridized carbons (Fsp3) is 0.278. The van der Waals surface area contributed by atoms with Crippen LogP contribution < -0.4 is 4.90 Å². The molecule has 1 amide bonds. The van der Waals surface area contributed by atoms with E-state index in [-0.39, 0.29) is 18.1 Å². The smallest absolute Gasteiger partial charge is 0.227 e. The molecule has 0 aromatic heterocycles. The zero-order chi connectivity index (χ0) is 17.1. The highest BCUT2D eigenvalue weighted by Gasteiger charge is 2.22. The molecule has 1 fully saturated rings. The lowest BCUT2D eigenvalue weighted by atomic mass is 10.1. The molecule has 1 aliphatic heterocycles. The Morgan fingerprint density at radius 2 is 1.54 bits per heavy atom. The summed E-state index contributed by atoms with van der Waals surface area (Å²) in [6, 6.07) is 9.69. The van der Waals surface area contributed by atoms with Gasteiger partial charge in [0, 0.05) is 37.9 Å². The average Bonchev–Trinajstić information content (AvgIpc) is 2.59. The van der Waals surface area contributed by atoms with Crippen LogP contribution in [0.4, 0.5) is 18.9 Å². The molecule has 1 heterocycles. The summed E-state index contributed by atoms with van der Waals surface area (Å²) in [4.78, 5) is 16.0. The molecule has 3 nitrogen and oxygen atoms in total. The van der Waals surface area contributed by atoms with E-state index < -0.39 is 11.6 Å². The summed E-state index contributed by atoms with van der Waals surface area (Å²) in [7, 11) is 0. The summed E-state index contributed by atoms with van der Waals surface area (Å²) in [5, 5.41) is 0. The highest BCUT2D eigenvalue weighted by molar-refractivity contribution is 5.79. The topological polar surface area (TPSA) is 23.6 Å². The molecule has 1 aliphatic rings. The monoisotopic (exact) mass is 334 g/mol. The van der Waals surface area contributed by atoms with Crippen molar-refractivity contribution >= 4 is 11.6 Å². The van der Waals surface area contributed by atoms with Gasteiger partial charge in [-0.1, -0.05) is 12.1 Å². The van der Waals surface area contributed by atoms with Gasteiger partial charge in [0.2, 0.25) is 5.91 Å². The number of benzene rings is 2. The maximum Gasteiger partial charge on any atom is 0.227 e. The van der Waals surface area contributed by atoms with Gasteiger partial charge in [0.05, 0.1) is 6.42 Å². The van der Waals surface area contributed by atoms with E-state index in [9.17, 15) is 18.0 Å². The number of amides is 1. The highest BCUT2D eigenvalue weighted by atomic mass is 19.2. The number of carbonyl (C=O) groups excluding carboxylic acids is 1. The van der Waals surface area contributed by atoms with Crippen molar-refractivity contribution in [2.24, 2.45) is 0 Å². The van der Waals surface area contributed by atoms with Crippen LogP contribution in [0.1, 0.15) is 5.56 Å². The molecule has 3 rings (SSSR count). The Bertz CT molecular complexity index is 726. The van der Waals surface area contributed by atoms with Crippen molar-refractivity contribution in [3.8, 4) is 0 Å². The van der Waals surface area contributed by atoms with E-state index in [2.05, 4.69) is 0 Å². The van der Waals surface area contributed by atoms with Gasteiger partial charge in [0.15, 0.2) is 11.6 Å². The SMILES string of the molecule is O=C(Cc1ccc(F)cc1)N1CCN(c2ccc(F)c(F)c2)CC1. The molecular formula is C18H17F3N2O. The maximum atomic E-state index is 13.3. The maximum absolute atomic E-state index is 13.3. The molecule has 126 valence electrons. The second-order valence-electron chi connectivity index (χ2n) is 5.77. The normalized spacial score (nSPS) is 14.8. The summed E-state index contributed by atoms with van der Waals surface area (Å²) in [5.41, 5.74) is 1.38. The number of anilines is 1. The van der Waals surface area contributed by atoms with Crippen LogP contribution in [0.2, 0.25) is 0 Å². The van der Waals surface area contributed by atoms with Gasteiger partial charge in [-0.3, -0.25) is 4.79 Å². The van der Waals surface area contributed by atoms with Crippen molar-refractivity contribution in [2.75, 3.05) is 31.1 Å². The fourth-order valence-electron chi connectivity index (χ4n) is 2.78. The van der Waals surface area contributed by atoms with Gasteiger partial charge >= 0.3 is 0 Å². The van der Waals surface area contributed by atoms with Crippen molar-refractivity contribution in [2.45, 2.75) is 6.42 Å². The predicted molar refractivity (Wildman–Crippen MR) is 85.3 cm³/mol. The molecule has 0 atom stereocenters. The first-order chi connectivity index (χ1) is 11.5. The van der Waals surface area contributed by atoms with E-state index >= 15 is 0 Å². The minimum Gasteiger partial charge on any atom is -0.368 e. The standard InChI is InChI=1S/C18H17F3N2O/c19-14-3-1-13(2-4-14)11-18(24)23-9-7-22(8-10-23)15-5-6-16(20)17(21)12-15/h1-6,12H,7-11H2. The zero-order valence-electron chi connectivity index (χ0n) is 13.0. The highest BCUT2D eigenvalue weighted by Crippen LogP contribution is 2.20. The second-order valence-corrected chi connectivity index (χ2v) is 5.77. The summed E-state index contributed by atoms with van der Waals surface area (Å²) in [6.45, 7) is 2.14. The third-order valence-corrected chi connectivity index (χ3v) is 4.17. The van der Waals surface area contributed by atoms with Crippen LogP contribution in [0.3, 0.4) is 0 Å². The van der Waals surface area contributed by atoms with Crippen molar-refractivity contribution < 1.29 is 18.0 Å². The van der Waals surface area contributed by atoms with Crippen molar-refractivity contribution in [3.05, 3.63) is 65.5 Å². The number of nitrogens with zero attached hydrogens (tertiary/aromatic N) is 2. The molecule has 2 aromatic rings. The van der Waals surface area contributed by atoms with E-state index in [1.165, 1.54) is 24.3 Å². The molecule has 0 N–H and O–H groups in total. The van der Waals surface area contributed by atoms with Gasteiger partial charge in [-0.2, -0.15) is 0 Å². The summed E-state index contributed by atoms with van der Waals surface area (Å²) < 4.78 is 39.2. The molecule has 0 unspecified atom stereocenters. The molecule has 0 bridgehead atoms. The lowest BCUT2D eigenvalue weighted by molar-refractivity contribution is -0.130. The zero-order valence-corrected chi connectivity index (χ0v) is 13.0. The summed E-state index contributed by atoms with van der Waals surface area (Å²) in [6.07, 6.45) is 0.228. The van der Waals surface area contributed by atoms with Gasteiger partial charge in [-0.25, -0.2) is 13.2 Å². The molecule has 0 spiro atoms. The first kappa shape index (κ1) is 16.4. The number of carbonyl (C=O) groups is 1. The van der Waals surface area contributed by atoms with Gasteiger partial charge in [-0.15, -0.1) is 0 Å². The van der Waals surface area contributed by atoms with Crippen LogP contribution in [0.25, 0.3) is 0 Å². The third kappa shape index (κ3) is 3.69. The van der Waals surface area contributed by atoms with E-state index in [0.29, 0.717) is 31.9 Å². The van der Waals surface area contributed by atoms with Crippen LogP contribution in [-0.4, -0.2) is 37.0 Å². The number of hydrogen-bond acceptors (Lipinski definition) is 2. The molecule has 1 saturated heterocycles. The Kier molecular flexibility index (Phi) is 4.74. The number of rotatable bonds is 3. The molecular weight excluding hydrogens is 317 g/mol. The molecule has 0 radical (unpaired) electrons. The Hall–Kier alpha value is -2.50. The number of piperazine rings is 1. The van der Waals surface area contributed by atoms with Crippen molar-refractivity contribution in [1.82, 2.24) is 4.90 Å². The van der Waals surface area contributed by atoms with Gasteiger partial charge in [-0.05, 0) is 29.8 Å². The number of hydrogen-bond donors (Lipinski definition) is 0. The predicted octanol–water partition coefficient (Wildman–Crippen LogP) is 3.00. The Morgan fingerprint density at radius 1 is 0.875 bits per heavy atom. The van der Waals surface area contributed by atoms with Crippen LogP contribution in [0, 0.1) is 17.5 Å². The molecule has 24 heavy (non-hydrogen) atoms. The van der Waals surface area contributed by atoms with Crippen molar-refractivity contribution in [1.29, 1.82) is 0 Å². The van der Waals surface area contributed by atoms with E-state index in [4.69, 9.17) is 0 Å². The van der Waals surface area contributed by atoms with Crippen LogP contribution in [0.15, 0.2) is 42.5 Å². The van der Waals surface area contributed by atoms with E-state index in [1.807, 2.05) is 4.90 Å². The van der Waals surface area contributed by atoms with E-state index in [1.54, 1.807) is 17.0 Å².